The van der Waals surface area contributed by atoms with Crippen molar-refractivity contribution in [1.29, 1.82) is 0 Å². The van der Waals surface area contributed by atoms with Crippen LogP contribution in [0.3, 0.4) is 0 Å². The third-order valence-electron chi connectivity index (χ3n) is 3.86. The highest BCUT2D eigenvalue weighted by molar-refractivity contribution is 6.30. The molecule has 0 fully saturated rings. The first-order valence-corrected chi connectivity index (χ1v) is 8.29. The predicted octanol–water partition coefficient (Wildman–Crippen LogP) is 3.47. The normalized spacial score (nSPS) is 10.4. The highest BCUT2D eigenvalue weighted by Gasteiger charge is 2.13. The standard InChI is InChI=1S/C19H18ClN3O3/c1-25-17-5-3-4-13(18(17)26-2)10-21-19(24)14-11-22-23(12-14)16-8-6-15(20)7-9-16/h3-9,11-12H,10H2,1-2H3,(H,21,24). The van der Waals surface area contributed by atoms with Gasteiger partial charge in [0.15, 0.2) is 11.5 Å². The van der Waals surface area contributed by atoms with Gasteiger partial charge in [-0.1, -0.05) is 23.7 Å². The van der Waals surface area contributed by atoms with Crippen LogP contribution in [-0.4, -0.2) is 29.9 Å². The summed E-state index contributed by atoms with van der Waals surface area (Å²) in [5.41, 5.74) is 2.11. The second kappa shape index (κ2) is 7.93. The number of ether oxygens (including phenoxy) is 2. The molecule has 26 heavy (non-hydrogen) atoms. The number of para-hydroxylation sites is 1. The van der Waals surface area contributed by atoms with E-state index >= 15 is 0 Å². The van der Waals surface area contributed by atoms with Gasteiger partial charge in [0.25, 0.3) is 5.91 Å². The fourth-order valence-electron chi connectivity index (χ4n) is 2.55. The van der Waals surface area contributed by atoms with Crippen LogP contribution in [0.2, 0.25) is 5.02 Å². The Hall–Kier alpha value is -2.99. The lowest BCUT2D eigenvalue weighted by Crippen LogP contribution is -2.22. The number of nitrogens with one attached hydrogen (secondary N) is 1. The number of carbonyl (C=O) groups is 1. The molecule has 0 saturated heterocycles. The Bertz CT molecular complexity index is 907. The molecule has 0 atom stereocenters. The van der Waals surface area contributed by atoms with Crippen molar-refractivity contribution in [1.82, 2.24) is 15.1 Å². The van der Waals surface area contributed by atoms with Gasteiger partial charge >= 0.3 is 0 Å². The lowest BCUT2D eigenvalue weighted by Gasteiger charge is -2.12. The number of hydrogen-bond donors (Lipinski definition) is 1. The molecule has 2 aromatic carbocycles. The summed E-state index contributed by atoms with van der Waals surface area (Å²) in [4.78, 5) is 12.4. The molecule has 0 spiro atoms. The first kappa shape index (κ1) is 17.8. The van der Waals surface area contributed by atoms with Gasteiger partial charge in [-0.25, -0.2) is 4.68 Å². The molecule has 6 nitrogen and oxygen atoms in total. The van der Waals surface area contributed by atoms with Gasteiger partial charge in [-0.3, -0.25) is 4.79 Å². The van der Waals surface area contributed by atoms with E-state index in [2.05, 4.69) is 10.4 Å². The van der Waals surface area contributed by atoms with Gasteiger partial charge in [0.05, 0.1) is 31.7 Å². The van der Waals surface area contributed by atoms with Crippen LogP contribution in [0.15, 0.2) is 54.9 Å². The second-order valence-electron chi connectivity index (χ2n) is 5.49. The Balaban J connectivity index is 1.71. The van der Waals surface area contributed by atoms with Crippen LogP contribution in [-0.2, 0) is 6.54 Å². The third-order valence-corrected chi connectivity index (χ3v) is 4.11. The highest BCUT2D eigenvalue weighted by atomic mass is 35.5. The summed E-state index contributed by atoms with van der Waals surface area (Å²) in [7, 11) is 3.14. The largest absolute Gasteiger partial charge is 0.493 e. The van der Waals surface area contributed by atoms with Gasteiger partial charge in [0.1, 0.15) is 0 Å². The molecule has 1 aromatic heterocycles. The number of benzene rings is 2. The van der Waals surface area contributed by atoms with E-state index in [4.69, 9.17) is 21.1 Å². The summed E-state index contributed by atoms with van der Waals surface area (Å²) >= 11 is 5.89. The van der Waals surface area contributed by atoms with E-state index in [0.29, 0.717) is 28.6 Å². The molecule has 7 heteroatoms. The number of aromatic nitrogens is 2. The SMILES string of the molecule is COc1cccc(CNC(=O)c2cnn(-c3ccc(Cl)cc3)c2)c1OC. The first-order valence-electron chi connectivity index (χ1n) is 7.91. The summed E-state index contributed by atoms with van der Waals surface area (Å²) in [5.74, 6) is 0.997. The second-order valence-corrected chi connectivity index (χ2v) is 5.92. The molecule has 0 aliphatic rings. The highest BCUT2D eigenvalue weighted by Crippen LogP contribution is 2.30. The number of hydrogen-bond acceptors (Lipinski definition) is 4. The number of halogens is 1. The van der Waals surface area contributed by atoms with Crippen LogP contribution >= 0.6 is 11.6 Å². The Morgan fingerprint density at radius 2 is 1.92 bits per heavy atom. The molecule has 0 aliphatic carbocycles. The average molecular weight is 372 g/mol. The Morgan fingerprint density at radius 1 is 1.15 bits per heavy atom. The van der Waals surface area contributed by atoms with Gasteiger partial charge in [-0.2, -0.15) is 5.10 Å². The minimum absolute atomic E-state index is 0.227. The summed E-state index contributed by atoms with van der Waals surface area (Å²) in [5, 5.41) is 7.73. The van der Waals surface area contributed by atoms with E-state index < -0.39 is 0 Å². The molecule has 0 aliphatic heterocycles. The fraction of sp³-hybridized carbons (Fsp3) is 0.158. The summed E-state index contributed by atoms with van der Waals surface area (Å²) in [6.07, 6.45) is 3.19. The van der Waals surface area contributed by atoms with E-state index in [1.165, 1.54) is 6.20 Å². The smallest absolute Gasteiger partial charge is 0.254 e. The summed E-state index contributed by atoms with van der Waals surface area (Å²) in [6.45, 7) is 0.311. The number of amides is 1. The van der Waals surface area contributed by atoms with E-state index in [-0.39, 0.29) is 5.91 Å². The van der Waals surface area contributed by atoms with Gasteiger partial charge < -0.3 is 14.8 Å². The number of methoxy groups -OCH3 is 2. The zero-order valence-electron chi connectivity index (χ0n) is 14.4. The summed E-state index contributed by atoms with van der Waals surface area (Å²) < 4.78 is 12.3. The minimum atomic E-state index is -0.227. The quantitative estimate of drug-likeness (QED) is 0.720. The minimum Gasteiger partial charge on any atom is -0.493 e. The van der Waals surface area contributed by atoms with E-state index in [1.54, 1.807) is 43.3 Å². The maximum atomic E-state index is 12.4. The van der Waals surface area contributed by atoms with E-state index in [0.717, 1.165) is 11.3 Å². The molecule has 3 aromatic rings. The molecule has 3 rings (SSSR count). The lowest BCUT2D eigenvalue weighted by atomic mass is 10.1. The number of rotatable bonds is 6. The number of carbonyl (C=O) groups excluding carboxylic acids is 1. The van der Waals surface area contributed by atoms with Crippen LogP contribution in [0.4, 0.5) is 0 Å². The molecule has 0 radical (unpaired) electrons. The van der Waals surface area contributed by atoms with Crippen molar-refractivity contribution in [3.05, 3.63) is 71.0 Å². The zero-order chi connectivity index (χ0) is 18.5. The fourth-order valence-corrected chi connectivity index (χ4v) is 2.67. The lowest BCUT2D eigenvalue weighted by molar-refractivity contribution is 0.0950. The van der Waals surface area contributed by atoms with Gasteiger partial charge in [0.2, 0.25) is 0 Å². The molecule has 1 amide bonds. The Kier molecular flexibility index (Phi) is 5.43. The van der Waals surface area contributed by atoms with Crippen molar-refractivity contribution in [2.75, 3.05) is 14.2 Å². The van der Waals surface area contributed by atoms with Crippen LogP contribution in [0, 0.1) is 0 Å². The monoisotopic (exact) mass is 371 g/mol. The average Bonchev–Trinajstić information content (AvgIpc) is 3.16. The van der Waals surface area contributed by atoms with Gasteiger partial charge in [-0.15, -0.1) is 0 Å². The van der Waals surface area contributed by atoms with E-state index in [9.17, 15) is 4.79 Å². The molecule has 0 unspecified atom stereocenters. The first-order chi connectivity index (χ1) is 12.6. The van der Waals surface area contributed by atoms with Crippen molar-refractivity contribution in [3.63, 3.8) is 0 Å². The molecule has 0 bridgehead atoms. The maximum Gasteiger partial charge on any atom is 0.254 e. The Morgan fingerprint density at radius 3 is 2.62 bits per heavy atom. The van der Waals surface area contributed by atoms with Crippen molar-refractivity contribution < 1.29 is 14.3 Å². The van der Waals surface area contributed by atoms with Crippen LogP contribution in [0.5, 0.6) is 11.5 Å². The van der Waals surface area contributed by atoms with Crippen LogP contribution < -0.4 is 14.8 Å². The van der Waals surface area contributed by atoms with Gasteiger partial charge in [-0.05, 0) is 30.3 Å². The molecule has 0 saturated carbocycles. The summed E-state index contributed by atoms with van der Waals surface area (Å²) in [6, 6.07) is 12.7. The van der Waals surface area contributed by atoms with Crippen molar-refractivity contribution in [3.8, 4) is 17.2 Å². The number of nitrogens with zero attached hydrogens (tertiary/aromatic N) is 2. The van der Waals surface area contributed by atoms with Crippen molar-refractivity contribution >= 4 is 17.5 Å². The van der Waals surface area contributed by atoms with Crippen LogP contribution in [0.1, 0.15) is 15.9 Å². The topological polar surface area (TPSA) is 65.4 Å². The predicted molar refractivity (Wildman–Crippen MR) is 99.3 cm³/mol. The molecule has 134 valence electrons. The molecular weight excluding hydrogens is 354 g/mol. The van der Waals surface area contributed by atoms with E-state index in [1.807, 2.05) is 24.3 Å². The zero-order valence-corrected chi connectivity index (χ0v) is 15.2. The van der Waals surface area contributed by atoms with Crippen LogP contribution in [0.25, 0.3) is 5.69 Å². The molecule has 1 heterocycles. The third kappa shape index (κ3) is 3.81. The molecular formula is C19H18ClN3O3. The molecule has 1 N–H and O–H groups in total. The van der Waals surface area contributed by atoms with Gasteiger partial charge in [0, 0.05) is 23.3 Å². The van der Waals surface area contributed by atoms with Crippen molar-refractivity contribution in [2.24, 2.45) is 0 Å². The van der Waals surface area contributed by atoms with Crippen molar-refractivity contribution in [2.45, 2.75) is 6.54 Å². The Labute approximate surface area is 156 Å². The maximum absolute atomic E-state index is 12.4.